The molecule has 0 aromatic carbocycles. The van der Waals surface area contributed by atoms with E-state index in [1.54, 1.807) is 19.9 Å². The lowest BCUT2D eigenvalue weighted by Gasteiger charge is -2.10. The summed E-state index contributed by atoms with van der Waals surface area (Å²) in [7, 11) is 0. The molecule has 76 valence electrons. The molecule has 2 N–H and O–H groups in total. The van der Waals surface area contributed by atoms with Gasteiger partial charge in [0.05, 0.1) is 0 Å². The van der Waals surface area contributed by atoms with Gasteiger partial charge in [-0.05, 0) is 20.8 Å². The van der Waals surface area contributed by atoms with Crippen molar-refractivity contribution in [2.45, 2.75) is 26.8 Å². The molecule has 0 amide bonds. The van der Waals surface area contributed by atoms with E-state index in [0.29, 0.717) is 11.6 Å². The van der Waals surface area contributed by atoms with E-state index in [1.165, 1.54) is 0 Å². The first-order chi connectivity index (χ1) is 6.49. The van der Waals surface area contributed by atoms with Gasteiger partial charge in [0.1, 0.15) is 17.7 Å². The number of aliphatic carboxylic acids is 1. The lowest BCUT2D eigenvalue weighted by Crippen LogP contribution is -2.26. The SMILES string of the molecule is Cc1cc(NC(C)C(=O)O)nc(C)n1. The zero-order chi connectivity index (χ0) is 10.7. The number of anilines is 1. The maximum Gasteiger partial charge on any atom is 0.325 e. The second-order valence-corrected chi connectivity index (χ2v) is 3.15. The second kappa shape index (κ2) is 4.04. The Morgan fingerprint density at radius 2 is 2.14 bits per heavy atom. The van der Waals surface area contributed by atoms with Crippen molar-refractivity contribution in [1.29, 1.82) is 0 Å². The Bertz CT molecular complexity index is 332. The van der Waals surface area contributed by atoms with E-state index in [-0.39, 0.29) is 0 Å². The number of nitrogens with zero attached hydrogens (tertiary/aromatic N) is 2. The Balaban J connectivity index is 2.81. The Hall–Kier alpha value is -1.65. The maximum atomic E-state index is 10.6. The number of carboxylic acids is 1. The molecule has 0 saturated carbocycles. The molecule has 1 aromatic rings. The number of hydrogen-bond donors (Lipinski definition) is 2. The summed E-state index contributed by atoms with van der Waals surface area (Å²) in [6.45, 7) is 5.17. The van der Waals surface area contributed by atoms with Crippen LogP contribution >= 0.6 is 0 Å². The topological polar surface area (TPSA) is 75.1 Å². The average molecular weight is 195 g/mol. The number of aryl methyl sites for hydroxylation is 2. The van der Waals surface area contributed by atoms with Gasteiger partial charge in [-0.2, -0.15) is 0 Å². The highest BCUT2D eigenvalue weighted by molar-refractivity contribution is 5.76. The van der Waals surface area contributed by atoms with Gasteiger partial charge < -0.3 is 10.4 Å². The van der Waals surface area contributed by atoms with Crippen molar-refractivity contribution in [3.8, 4) is 0 Å². The van der Waals surface area contributed by atoms with E-state index >= 15 is 0 Å². The van der Waals surface area contributed by atoms with Crippen LogP contribution in [0.15, 0.2) is 6.07 Å². The number of hydrogen-bond acceptors (Lipinski definition) is 4. The Labute approximate surface area is 82.2 Å². The van der Waals surface area contributed by atoms with Crippen molar-refractivity contribution in [2.24, 2.45) is 0 Å². The molecule has 1 heterocycles. The van der Waals surface area contributed by atoms with Gasteiger partial charge in [0, 0.05) is 11.8 Å². The summed E-state index contributed by atoms with van der Waals surface area (Å²) in [5.41, 5.74) is 0.817. The molecule has 0 aliphatic carbocycles. The largest absolute Gasteiger partial charge is 0.480 e. The van der Waals surface area contributed by atoms with Crippen LogP contribution in [0.3, 0.4) is 0 Å². The fourth-order valence-corrected chi connectivity index (χ4v) is 1.07. The quantitative estimate of drug-likeness (QED) is 0.751. The monoisotopic (exact) mass is 195 g/mol. The fraction of sp³-hybridized carbons (Fsp3) is 0.444. The standard InChI is InChI=1S/C9H13N3O2/c1-5-4-8(12-7(3)10-5)11-6(2)9(13)14/h4,6H,1-3H3,(H,13,14)(H,10,11,12). The van der Waals surface area contributed by atoms with E-state index in [4.69, 9.17) is 5.11 Å². The Morgan fingerprint density at radius 1 is 1.50 bits per heavy atom. The lowest BCUT2D eigenvalue weighted by molar-refractivity contribution is -0.137. The van der Waals surface area contributed by atoms with Gasteiger partial charge in [0.25, 0.3) is 0 Å². The molecule has 0 radical (unpaired) electrons. The van der Waals surface area contributed by atoms with Crippen LogP contribution in [-0.4, -0.2) is 27.1 Å². The van der Waals surface area contributed by atoms with Crippen LogP contribution in [0.25, 0.3) is 0 Å². The highest BCUT2D eigenvalue weighted by atomic mass is 16.4. The van der Waals surface area contributed by atoms with Crippen molar-refractivity contribution >= 4 is 11.8 Å². The van der Waals surface area contributed by atoms with Crippen molar-refractivity contribution in [1.82, 2.24) is 9.97 Å². The number of carbonyl (C=O) groups is 1. The molecule has 0 aliphatic rings. The predicted molar refractivity (Wildman–Crippen MR) is 52.2 cm³/mol. The summed E-state index contributed by atoms with van der Waals surface area (Å²) >= 11 is 0. The molecular formula is C9H13N3O2. The summed E-state index contributed by atoms with van der Waals surface area (Å²) in [5.74, 6) is 0.272. The van der Waals surface area contributed by atoms with Gasteiger partial charge in [0.15, 0.2) is 0 Å². The third kappa shape index (κ3) is 2.69. The van der Waals surface area contributed by atoms with Crippen LogP contribution in [0.5, 0.6) is 0 Å². The molecule has 1 rings (SSSR count). The third-order valence-corrected chi connectivity index (χ3v) is 1.70. The van der Waals surface area contributed by atoms with Gasteiger partial charge in [0.2, 0.25) is 0 Å². The maximum absolute atomic E-state index is 10.6. The van der Waals surface area contributed by atoms with Gasteiger partial charge in [-0.25, -0.2) is 9.97 Å². The molecule has 0 fully saturated rings. The number of rotatable bonds is 3. The summed E-state index contributed by atoms with van der Waals surface area (Å²) in [4.78, 5) is 18.7. The number of nitrogens with one attached hydrogen (secondary N) is 1. The predicted octanol–water partition coefficient (Wildman–Crippen LogP) is 0.978. The zero-order valence-corrected chi connectivity index (χ0v) is 8.40. The van der Waals surface area contributed by atoms with Crippen LogP contribution in [0.1, 0.15) is 18.4 Å². The zero-order valence-electron chi connectivity index (χ0n) is 8.40. The average Bonchev–Trinajstić information content (AvgIpc) is 2.01. The van der Waals surface area contributed by atoms with Gasteiger partial charge in [-0.3, -0.25) is 4.79 Å². The van der Waals surface area contributed by atoms with E-state index < -0.39 is 12.0 Å². The van der Waals surface area contributed by atoms with Gasteiger partial charge in [-0.1, -0.05) is 0 Å². The lowest BCUT2D eigenvalue weighted by atomic mass is 10.3. The number of aromatic nitrogens is 2. The van der Waals surface area contributed by atoms with Crippen molar-refractivity contribution in [3.63, 3.8) is 0 Å². The van der Waals surface area contributed by atoms with Crippen LogP contribution < -0.4 is 5.32 Å². The molecule has 1 aromatic heterocycles. The van der Waals surface area contributed by atoms with E-state index in [0.717, 1.165) is 5.69 Å². The van der Waals surface area contributed by atoms with E-state index in [9.17, 15) is 4.79 Å². The molecule has 14 heavy (non-hydrogen) atoms. The molecule has 1 atom stereocenters. The number of carboxylic acid groups (broad SMARTS) is 1. The summed E-state index contributed by atoms with van der Waals surface area (Å²) in [6.07, 6.45) is 0. The van der Waals surface area contributed by atoms with Crippen molar-refractivity contribution in [2.75, 3.05) is 5.32 Å². The minimum atomic E-state index is -0.904. The third-order valence-electron chi connectivity index (χ3n) is 1.70. The molecule has 1 unspecified atom stereocenters. The minimum absolute atomic E-state index is 0.546. The fourth-order valence-electron chi connectivity index (χ4n) is 1.07. The Morgan fingerprint density at radius 3 is 2.64 bits per heavy atom. The molecule has 0 spiro atoms. The van der Waals surface area contributed by atoms with Crippen LogP contribution in [-0.2, 0) is 4.79 Å². The van der Waals surface area contributed by atoms with E-state index in [1.807, 2.05) is 6.92 Å². The molecule has 0 aliphatic heterocycles. The van der Waals surface area contributed by atoms with Crippen molar-refractivity contribution < 1.29 is 9.90 Å². The summed E-state index contributed by atoms with van der Waals surface area (Å²) in [6, 6.07) is 1.07. The molecule has 0 saturated heterocycles. The smallest absolute Gasteiger partial charge is 0.325 e. The second-order valence-electron chi connectivity index (χ2n) is 3.15. The Kier molecular flexibility index (Phi) is 3.01. The summed E-state index contributed by atoms with van der Waals surface area (Å²) < 4.78 is 0. The highest BCUT2D eigenvalue weighted by Gasteiger charge is 2.10. The van der Waals surface area contributed by atoms with Gasteiger partial charge in [-0.15, -0.1) is 0 Å². The van der Waals surface area contributed by atoms with Crippen LogP contribution in [0.2, 0.25) is 0 Å². The highest BCUT2D eigenvalue weighted by Crippen LogP contribution is 2.06. The first-order valence-corrected chi connectivity index (χ1v) is 4.30. The minimum Gasteiger partial charge on any atom is -0.480 e. The molecular weight excluding hydrogens is 182 g/mol. The van der Waals surface area contributed by atoms with Crippen LogP contribution in [0, 0.1) is 13.8 Å². The first-order valence-electron chi connectivity index (χ1n) is 4.30. The molecule has 5 nitrogen and oxygen atoms in total. The van der Waals surface area contributed by atoms with Gasteiger partial charge >= 0.3 is 5.97 Å². The molecule has 5 heteroatoms. The molecule has 0 bridgehead atoms. The normalized spacial score (nSPS) is 12.2. The summed E-state index contributed by atoms with van der Waals surface area (Å²) in [5, 5.41) is 11.4. The van der Waals surface area contributed by atoms with Crippen LogP contribution in [0.4, 0.5) is 5.82 Å². The van der Waals surface area contributed by atoms with Crippen molar-refractivity contribution in [3.05, 3.63) is 17.6 Å². The first kappa shape index (κ1) is 10.4. The van der Waals surface area contributed by atoms with E-state index in [2.05, 4.69) is 15.3 Å².